The minimum atomic E-state index is -0.243. The van der Waals surface area contributed by atoms with Crippen LogP contribution in [0.1, 0.15) is 35.5 Å². The standard InChI is InChI=1S/C21H21ClN2OS/c1-3-8-18-19(15-9-6-5-7-10-15)24(4-2)21(26-18)23-20(25)16-11-13-17(22)14-12-16/h5-7,9-14H,3-4,8H2,1-2H3. The highest BCUT2D eigenvalue weighted by atomic mass is 35.5. The Morgan fingerprint density at radius 3 is 2.38 bits per heavy atom. The predicted molar refractivity (Wildman–Crippen MR) is 109 cm³/mol. The Hall–Kier alpha value is -2.17. The monoisotopic (exact) mass is 384 g/mol. The smallest absolute Gasteiger partial charge is 0.279 e. The van der Waals surface area contributed by atoms with E-state index in [0.29, 0.717) is 10.6 Å². The molecule has 0 fully saturated rings. The zero-order valence-electron chi connectivity index (χ0n) is 14.9. The summed E-state index contributed by atoms with van der Waals surface area (Å²) in [6.45, 7) is 5.01. The molecule has 3 nitrogen and oxygen atoms in total. The molecule has 5 heteroatoms. The molecule has 1 heterocycles. The molecule has 26 heavy (non-hydrogen) atoms. The first-order valence-electron chi connectivity index (χ1n) is 8.76. The van der Waals surface area contributed by atoms with Crippen LogP contribution in [-0.2, 0) is 13.0 Å². The topological polar surface area (TPSA) is 34.4 Å². The van der Waals surface area contributed by atoms with Crippen LogP contribution in [0, 0.1) is 0 Å². The first-order chi connectivity index (χ1) is 12.6. The summed E-state index contributed by atoms with van der Waals surface area (Å²) in [5, 5.41) is 0.609. The van der Waals surface area contributed by atoms with Crippen LogP contribution >= 0.6 is 22.9 Å². The van der Waals surface area contributed by atoms with Gasteiger partial charge in [0.2, 0.25) is 0 Å². The van der Waals surface area contributed by atoms with E-state index in [0.717, 1.165) is 29.8 Å². The van der Waals surface area contributed by atoms with Crippen LogP contribution < -0.4 is 4.80 Å². The Bertz CT molecular complexity index is 956. The zero-order valence-corrected chi connectivity index (χ0v) is 16.5. The normalized spacial score (nSPS) is 11.7. The van der Waals surface area contributed by atoms with E-state index in [9.17, 15) is 4.79 Å². The van der Waals surface area contributed by atoms with Crippen LogP contribution in [0.5, 0.6) is 0 Å². The third kappa shape index (κ3) is 3.97. The second-order valence-electron chi connectivity index (χ2n) is 5.94. The van der Waals surface area contributed by atoms with Crippen molar-refractivity contribution in [3.8, 4) is 11.3 Å². The Morgan fingerprint density at radius 2 is 1.77 bits per heavy atom. The quantitative estimate of drug-likeness (QED) is 0.565. The number of thiazole rings is 1. The van der Waals surface area contributed by atoms with Gasteiger partial charge in [0.15, 0.2) is 4.80 Å². The number of hydrogen-bond donors (Lipinski definition) is 0. The van der Waals surface area contributed by atoms with E-state index in [1.54, 1.807) is 35.6 Å². The molecule has 134 valence electrons. The van der Waals surface area contributed by atoms with Crippen molar-refractivity contribution in [1.82, 2.24) is 4.57 Å². The van der Waals surface area contributed by atoms with Crippen LogP contribution in [0.3, 0.4) is 0 Å². The Morgan fingerprint density at radius 1 is 1.08 bits per heavy atom. The van der Waals surface area contributed by atoms with Gasteiger partial charge in [0, 0.05) is 22.0 Å². The number of amides is 1. The van der Waals surface area contributed by atoms with Gasteiger partial charge in [-0.25, -0.2) is 0 Å². The number of carbonyl (C=O) groups is 1. The molecule has 0 aliphatic carbocycles. The summed E-state index contributed by atoms with van der Waals surface area (Å²) in [4.78, 5) is 19.0. The minimum Gasteiger partial charge on any atom is -0.316 e. The fourth-order valence-electron chi connectivity index (χ4n) is 2.89. The molecule has 0 aliphatic rings. The van der Waals surface area contributed by atoms with Crippen LogP contribution in [0.4, 0.5) is 0 Å². The number of carbonyl (C=O) groups excluding carboxylic acids is 1. The molecule has 0 bridgehead atoms. The number of aryl methyl sites for hydroxylation is 1. The van der Waals surface area contributed by atoms with Gasteiger partial charge < -0.3 is 4.57 Å². The van der Waals surface area contributed by atoms with Gasteiger partial charge in [0.05, 0.1) is 5.69 Å². The predicted octanol–water partition coefficient (Wildman–Crippen LogP) is 5.58. The van der Waals surface area contributed by atoms with E-state index in [2.05, 4.69) is 35.5 Å². The van der Waals surface area contributed by atoms with Crippen molar-refractivity contribution in [2.24, 2.45) is 4.99 Å². The van der Waals surface area contributed by atoms with Crippen molar-refractivity contribution in [3.63, 3.8) is 0 Å². The Kier molecular flexibility index (Phi) is 6.07. The van der Waals surface area contributed by atoms with Gasteiger partial charge in [-0.15, -0.1) is 11.3 Å². The first kappa shape index (κ1) is 18.6. The number of nitrogens with zero attached hydrogens (tertiary/aromatic N) is 2. The molecule has 1 aromatic heterocycles. The van der Waals surface area contributed by atoms with Gasteiger partial charge in [-0.2, -0.15) is 4.99 Å². The highest BCUT2D eigenvalue weighted by Gasteiger charge is 2.15. The Labute approximate surface area is 162 Å². The molecule has 3 aromatic rings. The maximum atomic E-state index is 12.6. The van der Waals surface area contributed by atoms with Crippen molar-refractivity contribution < 1.29 is 4.79 Å². The molecule has 0 atom stereocenters. The zero-order chi connectivity index (χ0) is 18.5. The maximum absolute atomic E-state index is 12.6. The lowest BCUT2D eigenvalue weighted by Gasteiger charge is -2.08. The van der Waals surface area contributed by atoms with E-state index in [-0.39, 0.29) is 5.91 Å². The van der Waals surface area contributed by atoms with Gasteiger partial charge in [-0.3, -0.25) is 4.79 Å². The third-order valence-electron chi connectivity index (χ3n) is 4.11. The molecule has 0 aliphatic heterocycles. The molecular formula is C21H21ClN2OS. The second-order valence-corrected chi connectivity index (χ2v) is 7.44. The fourth-order valence-corrected chi connectivity index (χ4v) is 4.33. The van der Waals surface area contributed by atoms with Crippen LogP contribution in [0.25, 0.3) is 11.3 Å². The lowest BCUT2D eigenvalue weighted by Crippen LogP contribution is -2.17. The highest BCUT2D eigenvalue weighted by Crippen LogP contribution is 2.27. The number of halogens is 1. The summed E-state index contributed by atoms with van der Waals surface area (Å²) >= 11 is 7.51. The number of rotatable bonds is 5. The molecule has 0 saturated carbocycles. The van der Waals surface area contributed by atoms with E-state index in [1.165, 1.54) is 10.6 Å². The van der Waals surface area contributed by atoms with Crippen molar-refractivity contribution in [2.45, 2.75) is 33.2 Å². The van der Waals surface area contributed by atoms with Crippen molar-refractivity contribution in [3.05, 3.63) is 74.9 Å². The Balaban J connectivity index is 2.12. The highest BCUT2D eigenvalue weighted by molar-refractivity contribution is 7.09. The van der Waals surface area contributed by atoms with Crippen LogP contribution in [0.2, 0.25) is 5.02 Å². The molecule has 0 unspecified atom stereocenters. The third-order valence-corrected chi connectivity index (χ3v) is 5.50. The fraction of sp³-hybridized carbons (Fsp3) is 0.238. The minimum absolute atomic E-state index is 0.243. The largest absolute Gasteiger partial charge is 0.316 e. The molecule has 0 N–H and O–H groups in total. The van der Waals surface area contributed by atoms with Gasteiger partial charge in [-0.1, -0.05) is 55.3 Å². The van der Waals surface area contributed by atoms with Crippen molar-refractivity contribution in [1.29, 1.82) is 0 Å². The summed E-state index contributed by atoms with van der Waals surface area (Å²) < 4.78 is 2.14. The van der Waals surface area contributed by atoms with Gasteiger partial charge >= 0.3 is 0 Å². The van der Waals surface area contributed by atoms with Crippen LogP contribution in [-0.4, -0.2) is 10.5 Å². The molecule has 0 spiro atoms. The molecule has 0 radical (unpaired) electrons. The van der Waals surface area contributed by atoms with Crippen molar-refractivity contribution in [2.75, 3.05) is 0 Å². The molecule has 1 amide bonds. The average molecular weight is 385 g/mol. The number of hydrogen-bond acceptors (Lipinski definition) is 2. The van der Waals surface area contributed by atoms with Gasteiger partial charge in [0.25, 0.3) is 5.91 Å². The summed E-state index contributed by atoms with van der Waals surface area (Å²) in [5.74, 6) is -0.243. The second kappa shape index (κ2) is 8.47. The lowest BCUT2D eigenvalue weighted by molar-refractivity contribution is 0.0998. The summed E-state index contributed by atoms with van der Waals surface area (Å²) in [6.07, 6.45) is 2.02. The number of aromatic nitrogens is 1. The molecule has 2 aromatic carbocycles. The number of benzene rings is 2. The molecule has 3 rings (SSSR count). The molecular weight excluding hydrogens is 364 g/mol. The summed E-state index contributed by atoms with van der Waals surface area (Å²) in [5.41, 5.74) is 2.88. The first-order valence-corrected chi connectivity index (χ1v) is 9.96. The summed E-state index contributed by atoms with van der Waals surface area (Å²) in [7, 11) is 0. The molecule has 0 saturated heterocycles. The lowest BCUT2D eigenvalue weighted by atomic mass is 10.1. The van der Waals surface area contributed by atoms with Gasteiger partial charge in [-0.05, 0) is 43.2 Å². The van der Waals surface area contributed by atoms with E-state index in [4.69, 9.17) is 11.6 Å². The van der Waals surface area contributed by atoms with Crippen LogP contribution in [0.15, 0.2) is 59.6 Å². The van der Waals surface area contributed by atoms with Gasteiger partial charge in [0.1, 0.15) is 0 Å². The van der Waals surface area contributed by atoms with E-state index >= 15 is 0 Å². The maximum Gasteiger partial charge on any atom is 0.279 e. The van der Waals surface area contributed by atoms with Crippen molar-refractivity contribution >= 4 is 28.8 Å². The SMILES string of the molecule is CCCc1sc(=NC(=O)c2ccc(Cl)cc2)n(CC)c1-c1ccccc1. The van der Waals surface area contributed by atoms with E-state index < -0.39 is 0 Å². The average Bonchev–Trinajstić information content (AvgIpc) is 3.00. The summed E-state index contributed by atoms with van der Waals surface area (Å²) in [6, 6.07) is 17.2. The van der Waals surface area contributed by atoms with E-state index in [1.807, 2.05) is 18.2 Å².